The lowest BCUT2D eigenvalue weighted by molar-refractivity contribution is 0.145. The molecule has 1 N–H and O–H groups in total. The quantitative estimate of drug-likeness (QED) is 0.490. The van der Waals surface area contributed by atoms with E-state index in [9.17, 15) is 4.79 Å². The molecule has 1 saturated heterocycles. The first-order valence-electron chi connectivity index (χ1n) is 3.45. The maximum atomic E-state index is 10.6. The molecule has 0 aromatic rings. The van der Waals surface area contributed by atoms with Crippen LogP contribution < -0.4 is 5.32 Å². The lowest BCUT2D eigenvalue weighted by atomic mass is 10.4. The molecule has 1 heterocycles. The average Bonchev–Trinajstić information content (AvgIpc) is 2.47. The summed E-state index contributed by atoms with van der Waals surface area (Å²) >= 11 is 1.43. The molecule has 0 radical (unpaired) electrons. The Bertz CT molecular complexity index is 207. The molecule has 0 bridgehead atoms. The highest BCUT2D eigenvalue weighted by Gasteiger charge is 2.20. The number of carbonyl (C=O) groups is 1. The zero-order chi connectivity index (χ0) is 8.97. The molecule has 0 aliphatic carbocycles. The van der Waals surface area contributed by atoms with E-state index >= 15 is 0 Å². The van der Waals surface area contributed by atoms with Gasteiger partial charge >= 0.3 is 6.09 Å². The Balaban J connectivity index is 2.40. The Morgan fingerprint density at radius 2 is 2.67 bits per heavy atom. The zero-order valence-electron chi connectivity index (χ0n) is 6.86. The van der Waals surface area contributed by atoms with Crippen LogP contribution in [0.5, 0.6) is 0 Å². The highest BCUT2D eigenvalue weighted by atomic mass is 32.2. The van der Waals surface area contributed by atoms with Crippen molar-refractivity contribution in [3.8, 4) is 0 Å². The van der Waals surface area contributed by atoms with Crippen molar-refractivity contribution in [2.75, 3.05) is 13.0 Å². The molecular formula is C6H10N2O3S. The van der Waals surface area contributed by atoms with Crippen LogP contribution in [0.4, 0.5) is 4.79 Å². The van der Waals surface area contributed by atoms with Crippen molar-refractivity contribution in [2.24, 2.45) is 5.16 Å². The van der Waals surface area contributed by atoms with Crippen molar-refractivity contribution in [2.45, 2.75) is 13.0 Å². The number of thioether (sulfide) groups is 1. The van der Waals surface area contributed by atoms with Gasteiger partial charge < -0.3 is 10.1 Å². The highest BCUT2D eigenvalue weighted by molar-refractivity contribution is 8.14. The first-order chi connectivity index (χ1) is 5.74. The van der Waals surface area contributed by atoms with Gasteiger partial charge in [0.05, 0.1) is 5.94 Å². The molecule has 6 heteroatoms. The standard InChI is InChI=1S/C6H10N2O3S/c1-4-5(12-3-10-4)8-11-6(9)7-2/h4H,3H2,1-2H3,(H,7,9)/b8-5+. The highest BCUT2D eigenvalue weighted by Crippen LogP contribution is 2.19. The van der Waals surface area contributed by atoms with Crippen molar-refractivity contribution in [1.29, 1.82) is 0 Å². The van der Waals surface area contributed by atoms with Gasteiger partial charge in [0.15, 0.2) is 0 Å². The maximum Gasteiger partial charge on any atom is 0.433 e. The molecule has 1 rings (SSSR count). The van der Waals surface area contributed by atoms with Gasteiger partial charge in [-0.15, -0.1) is 0 Å². The van der Waals surface area contributed by atoms with Gasteiger partial charge in [0, 0.05) is 7.05 Å². The summed E-state index contributed by atoms with van der Waals surface area (Å²) in [4.78, 5) is 15.1. The van der Waals surface area contributed by atoms with Gasteiger partial charge in [-0.2, -0.15) is 0 Å². The summed E-state index contributed by atoms with van der Waals surface area (Å²) in [5.41, 5.74) is 0. The minimum atomic E-state index is -0.567. The Labute approximate surface area is 74.5 Å². The molecule has 5 nitrogen and oxygen atoms in total. The molecule has 1 fully saturated rings. The Morgan fingerprint density at radius 3 is 3.17 bits per heavy atom. The third-order valence-corrected chi connectivity index (χ3v) is 2.25. The number of carbonyl (C=O) groups excluding carboxylic acids is 1. The summed E-state index contributed by atoms with van der Waals surface area (Å²) < 4.78 is 5.15. The van der Waals surface area contributed by atoms with E-state index in [1.54, 1.807) is 0 Å². The van der Waals surface area contributed by atoms with Gasteiger partial charge in [0.25, 0.3) is 0 Å². The second-order valence-electron chi connectivity index (χ2n) is 2.13. The lowest BCUT2D eigenvalue weighted by Crippen LogP contribution is -2.18. The minimum absolute atomic E-state index is 0.0698. The first-order valence-corrected chi connectivity index (χ1v) is 4.43. The zero-order valence-corrected chi connectivity index (χ0v) is 7.68. The van der Waals surface area contributed by atoms with Gasteiger partial charge in [-0.25, -0.2) is 4.79 Å². The van der Waals surface area contributed by atoms with E-state index in [1.165, 1.54) is 18.8 Å². The van der Waals surface area contributed by atoms with Gasteiger partial charge in [0.1, 0.15) is 11.1 Å². The number of nitrogens with one attached hydrogen (secondary N) is 1. The van der Waals surface area contributed by atoms with Crippen LogP contribution in [-0.2, 0) is 9.57 Å². The fourth-order valence-corrected chi connectivity index (χ4v) is 1.40. The number of nitrogens with zero attached hydrogens (tertiary/aromatic N) is 1. The van der Waals surface area contributed by atoms with Crippen molar-refractivity contribution in [3.05, 3.63) is 0 Å². The molecule has 0 saturated carbocycles. The molecule has 0 aromatic heterocycles. The van der Waals surface area contributed by atoms with Crippen LogP contribution in [0.3, 0.4) is 0 Å². The molecule has 1 aliphatic rings. The smallest absolute Gasteiger partial charge is 0.361 e. The van der Waals surface area contributed by atoms with Gasteiger partial charge in [-0.3, -0.25) is 4.84 Å². The first kappa shape index (κ1) is 9.34. The molecule has 12 heavy (non-hydrogen) atoms. The average molecular weight is 190 g/mol. The molecule has 1 amide bonds. The number of ether oxygens (including phenoxy) is 1. The van der Waals surface area contributed by atoms with E-state index in [2.05, 4.69) is 15.3 Å². The van der Waals surface area contributed by atoms with Crippen molar-refractivity contribution in [1.82, 2.24) is 5.32 Å². The molecule has 0 spiro atoms. The predicted octanol–water partition coefficient (Wildman–Crippen LogP) is 0.765. The molecular weight excluding hydrogens is 180 g/mol. The van der Waals surface area contributed by atoms with E-state index in [1.807, 2.05) is 6.92 Å². The van der Waals surface area contributed by atoms with E-state index in [0.29, 0.717) is 11.0 Å². The van der Waals surface area contributed by atoms with Gasteiger partial charge in [-0.1, -0.05) is 16.9 Å². The maximum absolute atomic E-state index is 10.6. The Kier molecular flexibility index (Phi) is 3.36. The number of oxime groups is 1. The van der Waals surface area contributed by atoms with Gasteiger partial charge in [-0.05, 0) is 6.92 Å². The van der Waals surface area contributed by atoms with Crippen LogP contribution in [0, 0.1) is 0 Å². The summed E-state index contributed by atoms with van der Waals surface area (Å²) in [5, 5.41) is 6.60. The largest absolute Gasteiger partial charge is 0.433 e. The molecule has 1 aliphatic heterocycles. The fraction of sp³-hybridized carbons (Fsp3) is 0.667. The van der Waals surface area contributed by atoms with Crippen LogP contribution in [0.15, 0.2) is 5.16 Å². The van der Waals surface area contributed by atoms with Crippen LogP contribution in [-0.4, -0.2) is 30.2 Å². The van der Waals surface area contributed by atoms with E-state index in [-0.39, 0.29) is 6.10 Å². The molecule has 1 atom stereocenters. The van der Waals surface area contributed by atoms with Crippen LogP contribution >= 0.6 is 11.8 Å². The predicted molar refractivity (Wildman–Crippen MR) is 46.0 cm³/mol. The topological polar surface area (TPSA) is 59.9 Å². The molecule has 1 unspecified atom stereocenters. The Hall–Kier alpha value is -0.750. The van der Waals surface area contributed by atoms with Crippen molar-refractivity contribution in [3.63, 3.8) is 0 Å². The van der Waals surface area contributed by atoms with E-state index in [0.717, 1.165) is 0 Å². The fourth-order valence-electron chi connectivity index (χ4n) is 0.618. The second-order valence-corrected chi connectivity index (χ2v) is 3.07. The summed E-state index contributed by atoms with van der Waals surface area (Å²) in [6.45, 7) is 1.85. The Morgan fingerprint density at radius 1 is 1.92 bits per heavy atom. The second kappa shape index (κ2) is 4.32. The van der Waals surface area contributed by atoms with Gasteiger partial charge in [0.2, 0.25) is 0 Å². The third-order valence-electron chi connectivity index (χ3n) is 1.30. The number of amides is 1. The minimum Gasteiger partial charge on any atom is -0.361 e. The van der Waals surface area contributed by atoms with Crippen LogP contribution in [0.2, 0.25) is 0 Å². The monoisotopic (exact) mass is 190 g/mol. The van der Waals surface area contributed by atoms with Crippen molar-refractivity contribution >= 4 is 22.9 Å². The molecule has 0 aromatic carbocycles. The van der Waals surface area contributed by atoms with Crippen LogP contribution in [0.25, 0.3) is 0 Å². The summed E-state index contributed by atoms with van der Waals surface area (Å²) in [6.07, 6.45) is -0.637. The normalized spacial score (nSPS) is 25.8. The number of hydrogen-bond acceptors (Lipinski definition) is 5. The summed E-state index contributed by atoms with van der Waals surface area (Å²) in [5.74, 6) is 0.567. The lowest BCUT2D eigenvalue weighted by Gasteiger charge is -2.00. The number of rotatable bonds is 1. The van der Waals surface area contributed by atoms with E-state index < -0.39 is 6.09 Å². The molecule has 68 valence electrons. The summed E-state index contributed by atoms with van der Waals surface area (Å²) in [6, 6.07) is 0. The SMILES string of the molecule is CNC(=O)O/N=C1/SCOC1C. The summed E-state index contributed by atoms with van der Waals surface area (Å²) in [7, 11) is 1.48. The van der Waals surface area contributed by atoms with Crippen molar-refractivity contribution < 1.29 is 14.4 Å². The third kappa shape index (κ3) is 2.38. The van der Waals surface area contributed by atoms with E-state index in [4.69, 9.17) is 4.74 Å². The number of hydrogen-bond donors (Lipinski definition) is 1. The van der Waals surface area contributed by atoms with Crippen LogP contribution in [0.1, 0.15) is 6.92 Å².